The van der Waals surface area contributed by atoms with Gasteiger partial charge in [-0.2, -0.15) is 4.31 Å². The normalized spacial score (nSPS) is 21.9. The van der Waals surface area contributed by atoms with Gasteiger partial charge in [-0.1, -0.05) is 0 Å². The quantitative estimate of drug-likeness (QED) is 0.866. The van der Waals surface area contributed by atoms with E-state index in [1.807, 2.05) is 6.07 Å². The van der Waals surface area contributed by atoms with Gasteiger partial charge in [0, 0.05) is 18.8 Å². The fraction of sp³-hybridized carbons (Fsp3) is 0.316. The summed E-state index contributed by atoms with van der Waals surface area (Å²) in [5.41, 5.74) is 0.618. The van der Waals surface area contributed by atoms with Crippen LogP contribution in [0.3, 0.4) is 0 Å². The largest absolute Gasteiger partial charge is 0.497 e. The molecule has 2 aliphatic heterocycles. The van der Waals surface area contributed by atoms with Crippen LogP contribution < -0.4 is 14.8 Å². The van der Waals surface area contributed by atoms with Crippen molar-refractivity contribution in [1.82, 2.24) is 4.31 Å². The number of carbonyl (C=O) groups excluding carboxylic acids is 1. The predicted octanol–water partition coefficient (Wildman–Crippen LogP) is 1.99. The highest BCUT2D eigenvalue weighted by Gasteiger charge is 2.53. The lowest BCUT2D eigenvalue weighted by Crippen LogP contribution is -2.39. The van der Waals surface area contributed by atoms with Crippen molar-refractivity contribution in [2.45, 2.75) is 16.7 Å². The van der Waals surface area contributed by atoms with Crippen molar-refractivity contribution in [2.75, 3.05) is 32.6 Å². The number of hydrogen-bond donors (Lipinski definition) is 1. The molecule has 2 heterocycles. The smallest absolute Gasteiger partial charge is 0.243 e. The number of anilines is 1. The molecule has 2 aromatic rings. The molecule has 2 aromatic carbocycles. The number of nitrogens with one attached hydrogen (secondary N) is 1. The first-order chi connectivity index (χ1) is 12.9. The number of nitrogens with zero attached hydrogens (tertiary/aromatic N) is 1. The minimum absolute atomic E-state index is 0.105. The second-order valence-corrected chi connectivity index (χ2v) is 8.65. The first-order valence-corrected chi connectivity index (χ1v) is 9.99. The number of fused-ring (bicyclic) bond motifs is 2. The fourth-order valence-electron chi connectivity index (χ4n) is 3.80. The Labute approximate surface area is 157 Å². The van der Waals surface area contributed by atoms with Crippen molar-refractivity contribution in [3.05, 3.63) is 48.0 Å². The van der Waals surface area contributed by atoms with E-state index in [0.29, 0.717) is 23.6 Å². The van der Waals surface area contributed by atoms with Crippen LogP contribution in [0, 0.1) is 0 Å². The van der Waals surface area contributed by atoms with Crippen LogP contribution in [0.25, 0.3) is 0 Å². The first-order valence-electron chi connectivity index (χ1n) is 8.55. The molecule has 1 atom stereocenters. The third-order valence-electron chi connectivity index (χ3n) is 5.36. The van der Waals surface area contributed by atoms with Gasteiger partial charge < -0.3 is 14.8 Å². The maximum absolute atomic E-state index is 13.0. The monoisotopic (exact) mass is 388 g/mol. The van der Waals surface area contributed by atoms with Crippen LogP contribution in [0.1, 0.15) is 12.0 Å². The molecule has 0 aliphatic carbocycles. The maximum Gasteiger partial charge on any atom is 0.243 e. The molecule has 0 aromatic heterocycles. The molecule has 8 heteroatoms. The Bertz CT molecular complexity index is 1000. The van der Waals surface area contributed by atoms with E-state index in [1.165, 1.54) is 23.5 Å². The molecule has 0 radical (unpaired) electrons. The van der Waals surface area contributed by atoms with E-state index in [-0.39, 0.29) is 23.9 Å². The average Bonchev–Trinajstić information content (AvgIpc) is 3.25. The molecule has 4 rings (SSSR count). The second-order valence-electron chi connectivity index (χ2n) is 6.71. The summed E-state index contributed by atoms with van der Waals surface area (Å²) < 4.78 is 37.8. The molecule has 1 amide bonds. The highest BCUT2D eigenvalue weighted by Crippen LogP contribution is 2.46. The van der Waals surface area contributed by atoms with Gasteiger partial charge in [0.25, 0.3) is 0 Å². The van der Waals surface area contributed by atoms with Crippen LogP contribution in [0.2, 0.25) is 0 Å². The summed E-state index contributed by atoms with van der Waals surface area (Å²) in [5, 5.41) is 2.88. The van der Waals surface area contributed by atoms with E-state index in [9.17, 15) is 13.2 Å². The van der Waals surface area contributed by atoms with Crippen LogP contribution in [-0.4, -0.2) is 45.9 Å². The summed E-state index contributed by atoms with van der Waals surface area (Å²) in [6, 6.07) is 11.6. The molecule has 1 N–H and O–H groups in total. The highest BCUT2D eigenvalue weighted by atomic mass is 32.2. The molecule has 0 bridgehead atoms. The maximum atomic E-state index is 13.0. The molecule has 1 saturated heterocycles. The van der Waals surface area contributed by atoms with E-state index < -0.39 is 15.4 Å². The number of sulfonamides is 1. The molecule has 1 unspecified atom stereocenters. The molecule has 1 fully saturated rings. The zero-order valence-electron chi connectivity index (χ0n) is 15.1. The van der Waals surface area contributed by atoms with Gasteiger partial charge >= 0.3 is 0 Å². The van der Waals surface area contributed by atoms with Gasteiger partial charge in [0.15, 0.2) is 0 Å². The van der Waals surface area contributed by atoms with E-state index in [2.05, 4.69) is 5.32 Å². The molecular formula is C19H20N2O5S. The van der Waals surface area contributed by atoms with E-state index in [0.717, 1.165) is 5.56 Å². The Hall–Kier alpha value is -2.58. The van der Waals surface area contributed by atoms with Crippen molar-refractivity contribution >= 4 is 21.6 Å². The number of amides is 1. The third kappa shape index (κ3) is 2.67. The number of benzene rings is 2. The fourth-order valence-corrected chi connectivity index (χ4v) is 5.30. The van der Waals surface area contributed by atoms with Gasteiger partial charge in [-0.25, -0.2) is 8.42 Å². The summed E-state index contributed by atoms with van der Waals surface area (Å²) in [5.74, 6) is 1.06. The van der Waals surface area contributed by atoms with E-state index >= 15 is 0 Å². The summed E-state index contributed by atoms with van der Waals surface area (Å²) in [7, 11) is -0.613. The molecule has 1 spiro atoms. The number of hydrogen-bond acceptors (Lipinski definition) is 5. The minimum Gasteiger partial charge on any atom is -0.497 e. The van der Waals surface area contributed by atoms with Crippen LogP contribution >= 0.6 is 0 Å². The van der Waals surface area contributed by atoms with Gasteiger partial charge in [0.2, 0.25) is 15.9 Å². The Morgan fingerprint density at radius 1 is 1.04 bits per heavy atom. The highest BCUT2D eigenvalue weighted by molar-refractivity contribution is 7.89. The number of methoxy groups -OCH3 is 2. The van der Waals surface area contributed by atoms with Gasteiger partial charge in [-0.15, -0.1) is 0 Å². The van der Waals surface area contributed by atoms with E-state index in [1.54, 1.807) is 31.4 Å². The third-order valence-corrected chi connectivity index (χ3v) is 7.22. The van der Waals surface area contributed by atoms with Crippen molar-refractivity contribution in [1.29, 1.82) is 0 Å². The van der Waals surface area contributed by atoms with Crippen LogP contribution in [0.15, 0.2) is 47.4 Å². The number of carbonyl (C=O) groups is 1. The van der Waals surface area contributed by atoms with Crippen LogP contribution in [-0.2, 0) is 20.2 Å². The molecule has 27 heavy (non-hydrogen) atoms. The van der Waals surface area contributed by atoms with Crippen molar-refractivity contribution in [3.63, 3.8) is 0 Å². The standard InChI is InChI=1S/C19H20N2O5S/c1-25-13-3-6-15(7-4-13)27(23,24)21-10-9-19(12-21)16-11-14(26-2)5-8-17(16)20-18(19)22/h3-8,11H,9-10,12H2,1-2H3,(H,20,22). The Balaban J connectivity index is 1.68. The predicted molar refractivity (Wildman–Crippen MR) is 99.7 cm³/mol. The molecule has 2 aliphatic rings. The van der Waals surface area contributed by atoms with Crippen LogP contribution in [0.4, 0.5) is 5.69 Å². The van der Waals surface area contributed by atoms with Crippen LogP contribution in [0.5, 0.6) is 11.5 Å². The Morgan fingerprint density at radius 2 is 1.70 bits per heavy atom. The summed E-state index contributed by atoms with van der Waals surface area (Å²) in [4.78, 5) is 12.9. The summed E-state index contributed by atoms with van der Waals surface area (Å²) in [6.45, 7) is 0.381. The first kappa shape index (κ1) is 17.8. The van der Waals surface area contributed by atoms with Gasteiger partial charge in [0.1, 0.15) is 11.5 Å². The van der Waals surface area contributed by atoms with Gasteiger partial charge in [-0.05, 0) is 54.4 Å². The number of ether oxygens (including phenoxy) is 2. The average molecular weight is 388 g/mol. The van der Waals surface area contributed by atoms with Crippen molar-refractivity contribution < 1.29 is 22.7 Å². The van der Waals surface area contributed by atoms with E-state index in [4.69, 9.17) is 9.47 Å². The lowest BCUT2D eigenvalue weighted by Gasteiger charge is -2.23. The van der Waals surface area contributed by atoms with Gasteiger partial charge in [-0.3, -0.25) is 4.79 Å². The summed E-state index contributed by atoms with van der Waals surface area (Å²) in [6.07, 6.45) is 0.425. The number of rotatable bonds is 4. The molecule has 142 valence electrons. The topological polar surface area (TPSA) is 84.9 Å². The molecule has 7 nitrogen and oxygen atoms in total. The van der Waals surface area contributed by atoms with Gasteiger partial charge in [0.05, 0.1) is 24.5 Å². The van der Waals surface area contributed by atoms with Crippen molar-refractivity contribution in [2.24, 2.45) is 0 Å². The summed E-state index contributed by atoms with van der Waals surface area (Å²) >= 11 is 0. The Morgan fingerprint density at radius 3 is 2.37 bits per heavy atom. The molecule has 0 saturated carbocycles. The Kier molecular flexibility index (Phi) is 4.12. The lowest BCUT2D eigenvalue weighted by atomic mass is 9.81. The minimum atomic E-state index is -3.70. The zero-order valence-corrected chi connectivity index (χ0v) is 15.9. The van der Waals surface area contributed by atoms with Crippen molar-refractivity contribution in [3.8, 4) is 11.5 Å². The lowest BCUT2D eigenvalue weighted by molar-refractivity contribution is -0.120. The second kappa shape index (κ2) is 6.24. The molecular weight excluding hydrogens is 368 g/mol. The zero-order chi connectivity index (χ0) is 19.2. The SMILES string of the molecule is COc1ccc(S(=O)(=O)N2CCC3(C2)C(=O)Nc2ccc(OC)cc23)cc1.